The molecule has 1 heterocycles. The zero-order chi connectivity index (χ0) is 20.8. The Morgan fingerprint density at radius 2 is 1.69 bits per heavy atom. The predicted octanol–water partition coefficient (Wildman–Crippen LogP) is 4.99. The SMILES string of the molecule is COC(=O)c1ccccc1NC(=O)c1cc(Nc2ccc(C(C)C)cc2)ccn1. The number of methoxy groups -OCH3 is 1. The molecule has 29 heavy (non-hydrogen) atoms. The van der Waals surface area contributed by atoms with Gasteiger partial charge in [0.25, 0.3) is 5.91 Å². The molecular weight excluding hydrogens is 366 g/mol. The van der Waals surface area contributed by atoms with Gasteiger partial charge >= 0.3 is 5.97 Å². The van der Waals surface area contributed by atoms with Crippen LogP contribution in [0.15, 0.2) is 66.9 Å². The first-order valence-electron chi connectivity index (χ1n) is 9.29. The van der Waals surface area contributed by atoms with Crippen molar-refractivity contribution in [3.05, 3.63) is 83.7 Å². The number of hydrogen-bond donors (Lipinski definition) is 2. The molecule has 148 valence electrons. The number of esters is 1. The molecule has 0 atom stereocenters. The van der Waals surface area contributed by atoms with E-state index in [2.05, 4.69) is 41.6 Å². The molecule has 0 aliphatic rings. The van der Waals surface area contributed by atoms with Crippen molar-refractivity contribution in [2.24, 2.45) is 0 Å². The number of carbonyl (C=O) groups is 2. The van der Waals surface area contributed by atoms with Crippen LogP contribution in [0.4, 0.5) is 17.1 Å². The van der Waals surface area contributed by atoms with Gasteiger partial charge in [0.1, 0.15) is 5.69 Å². The van der Waals surface area contributed by atoms with Crippen LogP contribution in [0.1, 0.15) is 46.2 Å². The lowest BCUT2D eigenvalue weighted by Gasteiger charge is -2.11. The van der Waals surface area contributed by atoms with E-state index in [0.717, 1.165) is 11.4 Å². The minimum atomic E-state index is -0.519. The summed E-state index contributed by atoms with van der Waals surface area (Å²) in [7, 11) is 1.30. The molecule has 0 saturated carbocycles. The van der Waals surface area contributed by atoms with E-state index in [9.17, 15) is 9.59 Å². The largest absolute Gasteiger partial charge is 0.465 e. The molecule has 0 bridgehead atoms. The smallest absolute Gasteiger partial charge is 0.339 e. The number of aromatic nitrogens is 1. The Morgan fingerprint density at radius 3 is 2.38 bits per heavy atom. The fourth-order valence-corrected chi connectivity index (χ4v) is 2.82. The number of pyridine rings is 1. The highest BCUT2D eigenvalue weighted by Gasteiger charge is 2.15. The molecule has 0 fully saturated rings. The quantitative estimate of drug-likeness (QED) is 0.581. The van der Waals surface area contributed by atoms with Gasteiger partial charge in [0.2, 0.25) is 0 Å². The standard InChI is InChI=1S/C23H23N3O3/c1-15(2)16-8-10-17(11-9-16)25-18-12-13-24-21(14-18)22(27)26-20-7-5-4-6-19(20)23(28)29-3/h4-15H,1-3H3,(H,24,25)(H,26,27). The normalized spacial score (nSPS) is 10.5. The molecule has 0 aliphatic carbocycles. The van der Waals surface area contributed by atoms with Gasteiger partial charge in [-0.05, 0) is 47.9 Å². The van der Waals surface area contributed by atoms with Gasteiger partial charge in [-0.3, -0.25) is 9.78 Å². The van der Waals surface area contributed by atoms with Crippen LogP contribution in [0, 0.1) is 0 Å². The minimum Gasteiger partial charge on any atom is -0.465 e. The summed E-state index contributed by atoms with van der Waals surface area (Å²) in [6.45, 7) is 4.29. The summed E-state index contributed by atoms with van der Waals surface area (Å²) in [5, 5.41) is 6.00. The number of rotatable bonds is 6. The van der Waals surface area contributed by atoms with Crippen LogP contribution in [0.5, 0.6) is 0 Å². The number of nitrogens with one attached hydrogen (secondary N) is 2. The number of carbonyl (C=O) groups excluding carboxylic acids is 2. The number of hydrogen-bond acceptors (Lipinski definition) is 5. The summed E-state index contributed by atoms with van der Waals surface area (Å²) >= 11 is 0. The van der Waals surface area contributed by atoms with Crippen LogP contribution in [0.25, 0.3) is 0 Å². The Kier molecular flexibility index (Phi) is 6.24. The van der Waals surface area contributed by atoms with E-state index in [4.69, 9.17) is 4.74 Å². The number of amides is 1. The maximum Gasteiger partial charge on any atom is 0.339 e. The number of para-hydroxylation sites is 1. The van der Waals surface area contributed by atoms with Gasteiger partial charge < -0.3 is 15.4 Å². The molecule has 6 nitrogen and oxygen atoms in total. The van der Waals surface area contributed by atoms with Crippen molar-refractivity contribution in [1.82, 2.24) is 4.98 Å². The highest BCUT2D eigenvalue weighted by atomic mass is 16.5. The summed E-state index contributed by atoms with van der Waals surface area (Å²) < 4.78 is 4.76. The number of anilines is 3. The van der Waals surface area contributed by atoms with Gasteiger partial charge in [-0.2, -0.15) is 0 Å². The average molecular weight is 389 g/mol. The second-order valence-corrected chi connectivity index (χ2v) is 6.82. The van der Waals surface area contributed by atoms with Crippen molar-refractivity contribution < 1.29 is 14.3 Å². The zero-order valence-electron chi connectivity index (χ0n) is 16.6. The summed E-state index contributed by atoms with van der Waals surface area (Å²) in [5.74, 6) is -0.470. The van der Waals surface area contributed by atoms with Gasteiger partial charge in [0.05, 0.1) is 18.4 Å². The topological polar surface area (TPSA) is 80.3 Å². The molecule has 3 aromatic rings. The van der Waals surface area contributed by atoms with E-state index in [0.29, 0.717) is 11.6 Å². The fourth-order valence-electron chi connectivity index (χ4n) is 2.82. The van der Waals surface area contributed by atoms with E-state index < -0.39 is 11.9 Å². The Hall–Kier alpha value is -3.67. The first-order chi connectivity index (χ1) is 14.0. The van der Waals surface area contributed by atoms with E-state index in [1.807, 2.05) is 12.1 Å². The number of benzene rings is 2. The Labute approximate surface area is 169 Å². The molecule has 0 unspecified atom stereocenters. The van der Waals surface area contributed by atoms with Crippen molar-refractivity contribution in [2.45, 2.75) is 19.8 Å². The third-order valence-electron chi connectivity index (χ3n) is 4.44. The molecule has 0 radical (unpaired) electrons. The van der Waals surface area contributed by atoms with E-state index in [1.54, 1.807) is 42.6 Å². The van der Waals surface area contributed by atoms with Crippen molar-refractivity contribution in [3.63, 3.8) is 0 Å². The van der Waals surface area contributed by atoms with Crippen molar-refractivity contribution in [1.29, 1.82) is 0 Å². The summed E-state index contributed by atoms with van der Waals surface area (Å²) in [6.07, 6.45) is 1.56. The maximum atomic E-state index is 12.6. The molecule has 2 N–H and O–H groups in total. The van der Waals surface area contributed by atoms with E-state index in [-0.39, 0.29) is 11.3 Å². The third-order valence-corrected chi connectivity index (χ3v) is 4.44. The Bertz CT molecular complexity index is 1010. The minimum absolute atomic E-state index is 0.230. The van der Waals surface area contributed by atoms with Crippen LogP contribution in [0.2, 0.25) is 0 Å². The van der Waals surface area contributed by atoms with Crippen LogP contribution in [-0.2, 0) is 4.74 Å². The lowest BCUT2D eigenvalue weighted by molar-refractivity contribution is 0.0602. The van der Waals surface area contributed by atoms with Crippen LogP contribution < -0.4 is 10.6 Å². The van der Waals surface area contributed by atoms with Crippen LogP contribution in [0.3, 0.4) is 0 Å². The number of nitrogens with zero attached hydrogens (tertiary/aromatic N) is 1. The summed E-state index contributed by atoms with van der Waals surface area (Å²) in [4.78, 5) is 28.7. The molecule has 3 rings (SSSR count). The van der Waals surface area contributed by atoms with Gasteiger partial charge in [-0.25, -0.2) is 4.79 Å². The lowest BCUT2D eigenvalue weighted by Crippen LogP contribution is -2.16. The molecule has 0 saturated heterocycles. The fraction of sp³-hybridized carbons (Fsp3) is 0.174. The summed E-state index contributed by atoms with van der Waals surface area (Å²) in [6, 6.07) is 18.3. The van der Waals surface area contributed by atoms with Gasteiger partial charge in [0, 0.05) is 17.6 Å². The van der Waals surface area contributed by atoms with Crippen molar-refractivity contribution in [3.8, 4) is 0 Å². The van der Waals surface area contributed by atoms with Crippen LogP contribution >= 0.6 is 0 Å². The average Bonchev–Trinajstić information content (AvgIpc) is 2.74. The zero-order valence-corrected chi connectivity index (χ0v) is 16.6. The van der Waals surface area contributed by atoms with Gasteiger partial charge in [0.15, 0.2) is 0 Å². The molecule has 0 aliphatic heterocycles. The molecular formula is C23H23N3O3. The second-order valence-electron chi connectivity index (χ2n) is 6.82. The molecule has 1 amide bonds. The highest BCUT2D eigenvalue weighted by Crippen LogP contribution is 2.22. The Balaban J connectivity index is 1.76. The molecule has 1 aromatic heterocycles. The maximum absolute atomic E-state index is 12.6. The first-order valence-corrected chi connectivity index (χ1v) is 9.29. The second kappa shape index (κ2) is 9.01. The first kappa shape index (κ1) is 20.1. The number of ether oxygens (including phenoxy) is 1. The monoisotopic (exact) mass is 389 g/mol. The molecule has 6 heteroatoms. The van der Waals surface area contributed by atoms with Crippen LogP contribution in [-0.4, -0.2) is 24.0 Å². The van der Waals surface area contributed by atoms with E-state index in [1.165, 1.54) is 12.7 Å². The lowest BCUT2D eigenvalue weighted by atomic mass is 10.0. The van der Waals surface area contributed by atoms with E-state index >= 15 is 0 Å². The Morgan fingerprint density at radius 1 is 0.966 bits per heavy atom. The predicted molar refractivity (Wildman–Crippen MR) is 114 cm³/mol. The van der Waals surface area contributed by atoms with Crippen molar-refractivity contribution >= 4 is 28.9 Å². The third kappa shape index (κ3) is 4.99. The van der Waals surface area contributed by atoms with Gasteiger partial charge in [-0.15, -0.1) is 0 Å². The molecule has 2 aromatic carbocycles. The summed E-state index contributed by atoms with van der Waals surface area (Å²) in [5.41, 5.74) is 3.80. The van der Waals surface area contributed by atoms with Crippen molar-refractivity contribution in [2.75, 3.05) is 17.7 Å². The van der Waals surface area contributed by atoms with Gasteiger partial charge in [-0.1, -0.05) is 38.1 Å². The molecule has 0 spiro atoms. The highest BCUT2D eigenvalue weighted by molar-refractivity contribution is 6.07.